The Morgan fingerprint density at radius 2 is 1.96 bits per heavy atom. The fourth-order valence-corrected chi connectivity index (χ4v) is 4.13. The number of amides is 1. The molecule has 1 fully saturated rings. The van der Waals surface area contributed by atoms with Crippen LogP contribution in [0, 0.1) is 5.82 Å². The zero-order valence-electron chi connectivity index (χ0n) is 14.9. The van der Waals surface area contributed by atoms with Crippen LogP contribution in [0.25, 0.3) is 11.4 Å². The van der Waals surface area contributed by atoms with Gasteiger partial charge in [-0.15, -0.1) is 10.2 Å². The van der Waals surface area contributed by atoms with Crippen molar-refractivity contribution in [2.75, 3.05) is 5.32 Å². The summed E-state index contributed by atoms with van der Waals surface area (Å²) in [5, 5.41) is 12.2. The Hall–Kier alpha value is -2.67. The second-order valence-corrected chi connectivity index (χ2v) is 7.83. The molecule has 1 aliphatic rings. The van der Waals surface area contributed by atoms with E-state index in [9.17, 15) is 9.18 Å². The van der Waals surface area contributed by atoms with E-state index in [2.05, 4.69) is 15.5 Å². The Bertz CT molecular complexity index is 969. The third kappa shape index (κ3) is 3.60. The Labute approximate surface area is 161 Å². The number of thioether (sulfide) groups is 1. The van der Waals surface area contributed by atoms with Crippen LogP contribution in [-0.2, 0) is 11.3 Å². The summed E-state index contributed by atoms with van der Waals surface area (Å²) in [6.45, 7) is 2.62. The molecule has 1 amide bonds. The summed E-state index contributed by atoms with van der Waals surface area (Å²) in [5.74, 6) is 0.281. The molecular formula is C20H19FN4OS. The number of nitrogens with zero attached hydrogens (tertiary/aromatic N) is 3. The van der Waals surface area contributed by atoms with Crippen molar-refractivity contribution in [3.8, 4) is 11.4 Å². The first-order valence-electron chi connectivity index (χ1n) is 8.86. The molecule has 138 valence electrons. The molecule has 0 aliphatic heterocycles. The zero-order valence-corrected chi connectivity index (χ0v) is 15.7. The van der Waals surface area contributed by atoms with Gasteiger partial charge in [0.2, 0.25) is 5.91 Å². The topological polar surface area (TPSA) is 59.8 Å². The van der Waals surface area contributed by atoms with Gasteiger partial charge in [-0.2, -0.15) is 0 Å². The number of nitrogens with one attached hydrogen (secondary N) is 1. The molecule has 1 heterocycles. The predicted molar refractivity (Wildman–Crippen MR) is 104 cm³/mol. The maximum Gasteiger partial charge on any atom is 0.241 e. The first-order valence-corrected chi connectivity index (χ1v) is 9.67. The molecule has 5 nitrogen and oxygen atoms in total. The number of carbonyl (C=O) groups is 1. The van der Waals surface area contributed by atoms with Gasteiger partial charge in [-0.05, 0) is 44.0 Å². The molecule has 0 spiro atoms. The van der Waals surface area contributed by atoms with Crippen molar-refractivity contribution in [2.45, 2.75) is 36.2 Å². The third-order valence-electron chi connectivity index (χ3n) is 4.55. The van der Waals surface area contributed by atoms with Crippen LogP contribution < -0.4 is 5.32 Å². The van der Waals surface area contributed by atoms with E-state index in [1.54, 1.807) is 6.07 Å². The molecule has 0 atom stereocenters. The number of hydrogen-bond acceptors (Lipinski definition) is 4. The van der Waals surface area contributed by atoms with Crippen LogP contribution in [0.5, 0.6) is 0 Å². The summed E-state index contributed by atoms with van der Waals surface area (Å²) in [6.07, 6.45) is 1.59. The third-order valence-corrected chi connectivity index (χ3v) is 6.02. The normalized spacial score (nSPS) is 14.7. The molecule has 7 heteroatoms. The van der Waals surface area contributed by atoms with E-state index in [1.165, 1.54) is 23.9 Å². The highest BCUT2D eigenvalue weighted by Crippen LogP contribution is 2.52. The lowest BCUT2D eigenvalue weighted by molar-refractivity contribution is -0.116. The van der Waals surface area contributed by atoms with Gasteiger partial charge in [0.25, 0.3) is 0 Å². The van der Waals surface area contributed by atoms with Crippen molar-refractivity contribution in [1.29, 1.82) is 0 Å². The quantitative estimate of drug-likeness (QED) is 0.688. The summed E-state index contributed by atoms with van der Waals surface area (Å²) in [6, 6.07) is 15.7. The number of aromatic nitrogens is 3. The second-order valence-electron chi connectivity index (χ2n) is 6.48. The fraction of sp³-hybridized carbons (Fsp3) is 0.250. The van der Waals surface area contributed by atoms with Crippen molar-refractivity contribution < 1.29 is 9.18 Å². The molecule has 1 aliphatic carbocycles. The number of rotatable bonds is 6. The minimum Gasteiger partial charge on any atom is -0.325 e. The molecular weight excluding hydrogens is 363 g/mol. The molecule has 0 bridgehead atoms. The van der Waals surface area contributed by atoms with E-state index >= 15 is 0 Å². The number of para-hydroxylation sites is 1. The van der Waals surface area contributed by atoms with Gasteiger partial charge in [0.15, 0.2) is 11.0 Å². The maximum atomic E-state index is 13.6. The number of anilines is 1. The summed E-state index contributed by atoms with van der Waals surface area (Å²) in [7, 11) is 0. The van der Waals surface area contributed by atoms with E-state index in [0.717, 1.165) is 18.5 Å². The lowest BCUT2D eigenvalue weighted by Gasteiger charge is -2.15. The average molecular weight is 382 g/mol. The van der Waals surface area contributed by atoms with Gasteiger partial charge >= 0.3 is 0 Å². The largest absolute Gasteiger partial charge is 0.325 e. The van der Waals surface area contributed by atoms with Gasteiger partial charge in [0, 0.05) is 17.8 Å². The molecule has 4 rings (SSSR count). The first kappa shape index (κ1) is 17.7. The van der Waals surface area contributed by atoms with Crippen LogP contribution in [-0.4, -0.2) is 25.4 Å². The Balaban J connectivity index is 1.57. The minimum atomic E-state index is -0.519. The van der Waals surface area contributed by atoms with Crippen molar-refractivity contribution in [3.05, 3.63) is 60.4 Å². The number of hydrogen-bond donors (Lipinski definition) is 1. The first-order chi connectivity index (χ1) is 13.1. The maximum absolute atomic E-state index is 13.6. The number of carbonyl (C=O) groups excluding carboxylic acids is 1. The van der Waals surface area contributed by atoms with Gasteiger partial charge < -0.3 is 9.88 Å². The van der Waals surface area contributed by atoms with Crippen molar-refractivity contribution in [3.63, 3.8) is 0 Å². The molecule has 27 heavy (non-hydrogen) atoms. The molecule has 2 aromatic carbocycles. The standard InChI is InChI=1S/C20H19FN4OS/c1-2-25-17(14-7-6-8-15(21)13-14)23-24-19(25)27-20(11-12-20)18(26)22-16-9-4-3-5-10-16/h3-10,13H,2,11-12H2,1H3,(H,22,26). The van der Waals surface area contributed by atoms with E-state index in [0.29, 0.717) is 23.1 Å². The summed E-state index contributed by atoms with van der Waals surface area (Å²) in [5.41, 5.74) is 1.46. The van der Waals surface area contributed by atoms with Crippen LogP contribution in [0.1, 0.15) is 19.8 Å². The van der Waals surface area contributed by atoms with Crippen LogP contribution in [0.4, 0.5) is 10.1 Å². The monoisotopic (exact) mass is 382 g/mol. The van der Waals surface area contributed by atoms with E-state index < -0.39 is 4.75 Å². The van der Waals surface area contributed by atoms with Crippen molar-refractivity contribution in [1.82, 2.24) is 14.8 Å². The summed E-state index contributed by atoms with van der Waals surface area (Å²) >= 11 is 1.44. The zero-order chi connectivity index (χ0) is 18.9. The van der Waals surface area contributed by atoms with Crippen molar-refractivity contribution >= 4 is 23.4 Å². The van der Waals surface area contributed by atoms with E-state index in [4.69, 9.17) is 0 Å². The van der Waals surface area contributed by atoms with E-state index in [-0.39, 0.29) is 11.7 Å². The average Bonchev–Trinajstić information content (AvgIpc) is 3.35. The Morgan fingerprint density at radius 1 is 1.19 bits per heavy atom. The molecule has 3 aromatic rings. The van der Waals surface area contributed by atoms with Crippen LogP contribution in [0.3, 0.4) is 0 Å². The highest BCUT2D eigenvalue weighted by atomic mass is 32.2. The smallest absolute Gasteiger partial charge is 0.241 e. The SMILES string of the molecule is CCn1c(SC2(C(=O)Nc3ccccc3)CC2)nnc1-c1cccc(F)c1. The van der Waals surface area contributed by atoms with Gasteiger partial charge in [-0.25, -0.2) is 4.39 Å². The van der Waals surface area contributed by atoms with E-state index in [1.807, 2.05) is 47.9 Å². The lowest BCUT2D eigenvalue weighted by atomic mass is 10.2. The summed E-state index contributed by atoms with van der Waals surface area (Å²) in [4.78, 5) is 12.8. The molecule has 1 N–H and O–H groups in total. The van der Waals surface area contributed by atoms with Crippen molar-refractivity contribution in [2.24, 2.45) is 0 Å². The Morgan fingerprint density at radius 3 is 2.63 bits per heavy atom. The van der Waals surface area contributed by atoms with Gasteiger partial charge in [0.05, 0.1) is 0 Å². The lowest BCUT2D eigenvalue weighted by Crippen LogP contribution is -2.27. The fourth-order valence-electron chi connectivity index (χ4n) is 2.92. The highest BCUT2D eigenvalue weighted by Gasteiger charge is 2.52. The van der Waals surface area contributed by atoms with Crippen LogP contribution >= 0.6 is 11.8 Å². The minimum absolute atomic E-state index is 0.0170. The predicted octanol–water partition coefficient (Wildman–Crippen LogP) is 4.37. The van der Waals surface area contributed by atoms with Gasteiger partial charge in [0.1, 0.15) is 10.6 Å². The van der Waals surface area contributed by atoms with Crippen LogP contribution in [0.15, 0.2) is 59.8 Å². The number of benzene rings is 2. The highest BCUT2D eigenvalue weighted by molar-refractivity contribution is 8.01. The molecule has 0 radical (unpaired) electrons. The van der Waals surface area contributed by atoms with Gasteiger partial charge in [-0.3, -0.25) is 4.79 Å². The molecule has 0 saturated heterocycles. The van der Waals surface area contributed by atoms with Crippen LogP contribution in [0.2, 0.25) is 0 Å². The van der Waals surface area contributed by atoms with Gasteiger partial charge in [-0.1, -0.05) is 42.1 Å². The second kappa shape index (κ2) is 7.15. The summed E-state index contributed by atoms with van der Waals surface area (Å²) < 4.78 is 15.0. The molecule has 1 aromatic heterocycles. The molecule has 0 unspecified atom stereocenters. The number of halogens is 1. The Kier molecular flexibility index (Phi) is 4.70. The molecule has 1 saturated carbocycles.